The number of aromatic nitrogens is 6. The second kappa shape index (κ2) is 17.7. The number of fused-ring (bicyclic) bond motifs is 2. The van der Waals surface area contributed by atoms with E-state index < -0.39 is 35.6 Å². The number of carbonyl (C=O) groups is 2. The summed E-state index contributed by atoms with van der Waals surface area (Å²) in [5, 5.41) is 19.1. The third-order valence-corrected chi connectivity index (χ3v) is 10.4. The van der Waals surface area contributed by atoms with Crippen LogP contribution in [-0.2, 0) is 9.47 Å². The molecule has 1 aliphatic heterocycles. The van der Waals surface area contributed by atoms with Crippen LogP contribution < -0.4 is 28.4 Å². The zero-order valence-corrected chi connectivity index (χ0v) is 35.7. The average Bonchev–Trinajstić information content (AvgIpc) is 3.92. The Morgan fingerprint density at radius 2 is 1.07 bits per heavy atom. The van der Waals surface area contributed by atoms with Gasteiger partial charge >= 0.3 is 0 Å². The minimum Gasteiger partial charge on any atom is -0.493 e. The molecule has 5 heterocycles. The maximum atomic E-state index is 13.4. The molecular formula is C43H50N6O12. The van der Waals surface area contributed by atoms with Crippen LogP contribution in [0.15, 0.2) is 49.1 Å². The number of carbonyl (C=O) groups excluding carboxylic acids is 2. The molecule has 61 heavy (non-hydrogen) atoms. The average molecular weight is 843 g/mol. The standard InChI is InChI=1S/C23H27N3O6.C20H23N3O6/c1-22(2)31-11-23(3,12-32-22)20(27)14-9-24-21-18(14)26-15(10-25-21)13-7-16(28-4)19(30-6)17(8-13)29-5;1-20(9-24,10-25)18(26)12-7-21-19-16(12)23-13(8-22-19)11-5-14(27-2)17(29-4)15(6-11)28-3/h7-10H,11-12H2,1-6H3,(H,24,25);5-8,24-25H,9-10H2,1-4H3,(H,21,22). The molecule has 4 N–H and O–H groups in total. The zero-order valence-electron chi connectivity index (χ0n) is 35.7. The minimum absolute atomic E-state index is 0.115. The van der Waals surface area contributed by atoms with Gasteiger partial charge in [0.2, 0.25) is 11.5 Å². The number of aliphatic hydroxyl groups is 2. The molecular weight excluding hydrogens is 793 g/mol. The molecule has 1 fully saturated rings. The number of H-pyrrole nitrogens is 2. The minimum atomic E-state index is -1.32. The van der Waals surface area contributed by atoms with Gasteiger partial charge in [0.1, 0.15) is 11.0 Å². The molecule has 0 spiro atoms. The number of benzene rings is 2. The van der Waals surface area contributed by atoms with Crippen molar-refractivity contribution in [1.82, 2.24) is 29.9 Å². The van der Waals surface area contributed by atoms with E-state index in [4.69, 9.17) is 42.9 Å². The highest BCUT2D eigenvalue weighted by Gasteiger charge is 2.43. The van der Waals surface area contributed by atoms with Crippen molar-refractivity contribution in [2.24, 2.45) is 10.8 Å². The van der Waals surface area contributed by atoms with Gasteiger partial charge in [-0.3, -0.25) is 9.59 Å². The Morgan fingerprint density at radius 3 is 1.44 bits per heavy atom. The molecule has 0 unspecified atom stereocenters. The van der Waals surface area contributed by atoms with Gasteiger partial charge in [-0.25, -0.2) is 19.9 Å². The van der Waals surface area contributed by atoms with Crippen LogP contribution >= 0.6 is 0 Å². The van der Waals surface area contributed by atoms with Crippen molar-refractivity contribution < 1.29 is 57.7 Å². The summed E-state index contributed by atoms with van der Waals surface area (Å²) < 4.78 is 43.9. The Kier molecular flexibility index (Phi) is 12.8. The number of hydrogen-bond donors (Lipinski definition) is 4. The van der Waals surface area contributed by atoms with Gasteiger partial charge in [0.15, 0.2) is 51.6 Å². The van der Waals surface area contributed by atoms with Crippen LogP contribution in [0.2, 0.25) is 0 Å². The third-order valence-electron chi connectivity index (χ3n) is 10.4. The fraction of sp³-hybridized carbons (Fsp3) is 0.395. The molecule has 0 aliphatic carbocycles. The first-order chi connectivity index (χ1) is 29.1. The van der Waals surface area contributed by atoms with Crippen LogP contribution in [0.25, 0.3) is 44.8 Å². The first-order valence-electron chi connectivity index (χ1n) is 19.0. The molecule has 6 aromatic rings. The highest BCUT2D eigenvalue weighted by atomic mass is 16.7. The molecule has 0 saturated carbocycles. The summed E-state index contributed by atoms with van der Waals surface area (Å²) in [4.78, 5) is 50.4. The first kappa shape index (κ1) is 44.2. The molecule has 4 aromatic heterocycles. The Bertz CT molecular complexity index is 2500. The summed E-state index contributed by atoms with van der Waals surface area (Å²) in [5.74, 6) is 1.61. The van der Waals surface area contributed by atoms with E-state index in [9.17, 15) is 19.8 Å². The van der Waals surface area contributed by atoms with E-state index in [1.54, 1.807) is 64.2 Å². The number of nitrogens with one attached hydrogen (secondary N) is 2. The molecule has 0 radical (unpaired) electrons. The van der Waals surface area contributed by atoms with Crippen molar-refractivity contribution in [1.29, 1.82) is 0 Å². The molecule has 0 bridgehead atoms. The number of nitrogens with zero attached hydrogens (tertiary/aromatic N) is 4. The van der Waals surface area contributed by atoms with Crippen molar-refractivity contribution in [3.63, 3.8) is 0 Å². The second-order valence-corrected chi connectivity index (χ2v) is 15.2. The lowest BCUT2D eigenvalue weighted by atomic mass is 9.83. The molecule has 7 rings (SSSR count). The number of aromatic amines is 2. The van der Waals surface area contributed by atoms with E-state index in [-0.39, 0.29) is 24.6 Å². The monoisotopic (exact) mass is 842 g/mol. The number of Topliss-reactive ketones (excluding diaryl/α,β-unsaturated/α-hetero) is 2. The van der Waals surface area contributed by atoms with Crippen molar-refractivity contribution in [2.75, 3.05) is 69.1 Å². The third kappa shape index (κ3) is 8.52. The Labute approximate surface area is 351 Å². The van der Waals surface area contributed by atoms with Crippen molar-refractivity contribution in [3.8, 4) is 57.0 Å². The van der Waals surface area contributed by atoms with Gasteiger partial charge in [-0.1, -0.05) is 0 Å². The highest BCUT2D eigenvalue weighted by molar-refractivity contribution is 6.10. The van der Waals surface area contributed by atoms with Crippen molar-refractivity contribution >= 4 is 33.9 Å². The van der Waals surface area contributed by atoms with E-state index >= 15 is 0 Å². The van der Waals surface area contributed by atoms with E-state index in [1.165, 1.54) is 34.4 Å². The Morgan fingerprint density at radius 1 is 0.672 bits per heavy atom. The largest absolute Gasteiger partial charge is 0.493 e. The highest BCUT2D eigenvalue weighted by Crippen LogP contribution is 2.43. The SMILES string of the molecule is COc1cc(-c2cnc3[nH]cc(C(=O)C(C)(CO)CO)c3n2)cc(OC)c1OC.COc1cc(-c2cnc3[nH]cc(C(=O)C4(C)COC(C)(C)OC4)c3n2)cc(OC)c1OC. The second-order valence-electron chi connectivity index (χ2n) is 15.2. The van der Waals surface area contributed by atoms with Crippen LogP contribution in [0, 0.1) is 10.8 Å². The van der Waals surface area contributed by atoms with Crippen LogP contribution in [0.5, 0.6) is 34.5 Å². The number of rotatable bonds is 14. The lowest BCUT2D eigenvalue weighted by Crippen LogP contribution is -2.49. The van der Waals surface area contributed by atoms with Gasteiger partial charge in [0.05, 0.1) is 115 Å². The van der Waals surface area contributed by atoms with Crippen molar-refractivity contribution in [2.45, 2.75) is 33.5 Å². The molecule has 1 saturated heterocycles. The van der Waals surface area contributed by atoms with E-state index in [2.05, 4.69) is 24.9 Å². The zero-order chi connectivity index (χ0) is 44.3. The summed E-state index contributed by atoms with van der Waals surface area (Å²) in [6, 6.07) is 7.04. The summed E-state index contributed by atoms with van der Waals surface area (Å²) in [6.45, 7) is 6.52. The normalized spacial score (nSPS) is 14.5. The van der Waals surface area contributed by atoms with Gasteiger partial charge in [0, 0.05) is 23.5 Å². The smallest absolute Gasteiger partial charge is 0.203 e. The summed E-state index contributed by atoms with van der Waals surface area (Å²) in [7, 11) is 9.20. The number of aliphatic hydroxyl groups excluding tert-OH is 2. The maximum absolute atomic E-state index is 13.4. The van der Waals surface area contributed by atoms with E-state index in [1.807, 2.05) is 20.8 Å². The van der Waals surface area contributed by atoms with Crippen LogP contribution in [0.3, 0.4) is 0 Å². The predicted molar refractivity (Wildman–Crippen MR) is 223 cm³/mol. The van der Waals surface area contributed by atoms with E-state index in [0.29, 0.717) is 84.9 Å². The van der Waals surface area contributed by atoms with Crippen LogP contribution in [-0.4, -0.2) is 127 Å². The molecule has 0 amide bonds. The number of ketones is 2. The van der Waals surface area contributed by atoms with Gasteiger partial charge in [-0.2, -0.15) is 0 Å². The lowest BCUT2D eigenvalue weighted by molar-refractivity contribution is -0.272. The van der Waals surface area contributed by atoms with Gasteiger partial charge < -0.3 is 58.1 Å². The molecule has 18 heteroatoms. The molecule has 324 valence electrons. The molecule has 0 atom stereocenters. The number of methoxy groups -OCH3 is 6. The number of hydrogen-bond acceptors (Lipinski definition) is 16. The van der Waals surface area contributed by atoms with Gasteiger partial charge in [-0.15, -0.1) is 0 Å². The van der Waals surface area contributed by atoms with Gasteiger partial charge in [0.25, 0.3) is 0 Å². The topological polar surface area (TPSA) is 232 Å². The quantitative estimate of drug-likeness (QED) is 0.0999. The van der Waals surface area contributed by atoms with Gasteiger partial charge in [-0.05, 0) is 52.0 Å². The fourth-order valence-electron chi connectivity index (χ4n) is 6.59. The number of ether oxygens (including phenoxy) is 8. The maximum Gasteiger partial charge on any atom is 0.203 e. The fourth-order valence-corrected chi connectivity index (χ4v) is 6.59. The Balaban J connectivity index is 0.000000205. The molecule has 2 aromatic carbocycles. The summed E-state index contributed by atoms with van der Waals surface area (Å²) >= 11 is 0. The van der Waals surface area contributed by atoms with Crippen LogP contribution in [0.1, 0.15) is 48.4 Å². The molecule has 18 nitrogen and oxygen atoms in total. The summed E-state index contributed by atoms with van der Waals surface area (Å²) in [5.41, 5.74) is 2.72. The first-order valence-corrected chi connectivity index (χ1v) is 19.0. The van der Waals surface area contributed by atoms with Crippen LogP contribution in [0.4, 0.5) is 0 Å². The lowest BCUT2D eigenvalue weighted by Gasteiger charge is -2.40. The summed E-state index contributed by atoms with van der Waals surface area (Å²) in [6.07, 6.45) is 6.31. The van der Waals surface area contributed by atoms with E-state index in [0.717, 1.165) is 0 Å². The molecule has 1 aliphatic rings. The predicted octanol–water partition coefficient (Wildman–Crippen LogP) is 5.45. The van der Waals surface area contributed by atoms with Crippen molar-refractivity contribution in [3.05, 3.63) is 60.2 Å². The Hall–Kier alpha value is -6.34.